The molecule has 0 unspecified atom stereocenters. The Morgan fingerprint density at radius 2 is 1.52 bits per heavy atom. The minimum Gasteiger partial charge on any atom is -0.478 e. The summed E-state index contributed by atoms with van der Waals surface area (Å²) in [7, 11) is -5.45. The molecule has 1 N–H and O–H groups in total. The maximum Gasteiger partial charge on any atom is 0.335 e. The van der Waals surface area contributed by atoms with Crippen molar-refractivity contribution in [2.24, 2.45) is 0 Å². The van der Waals surface area contributed by atoms with Crippen molar-refractivity contribution < 1.29 is 49.5 Å². The Morgan fingerprint density at radius 1 is 0.886 bits per heavy atom. The molecule has 2 aromatic carbocycles. The van der Waals surface area contributed by atoms with Crippen LogP contribution in [0.4, 0.5) is 32.0 Å². The highest BCUT2D eigenvalue weighted by Gasteiger charge is 2.48. The van der Waals surface area contributed by atoms with E-state index in [9.17, 15) is 45.1 Å². The number of hydrogen-bond donors (Lipinski definition) is 1. The van der Waals surface area contributed by atoms with Crippen LogP contribution in [0.2, 0.25) is 0 Å². The number of carboxylic acids is 1. The Bertz CT molecular complexity index is 1700. The lowest BCUT2D eigenvalue weighted by Gasteiger charge is -2.41. The van der Waals surface area contributed by atoms with Gasteiger partial charge in [-0.1, -0.05) is 25.3 Å². The zero-order valence-electron chi connectivity index (χ0n) is 22.9. The highest BCUT2D eigenvalue weighted by molar-refractivity contribution is 7.89. The predicted octanol–water partition coefficient (Wildman–Crippen LogP) is 5.66. The van der Waals surface area contributed by atoms with Gasteiger partial charge in [0.1, 0.15) is 11.9 Å². The minimum atomic E-state index is -5.45. The summed E-state index contributed by atoms with van der Waals surface area (Å²) in [5, 5.41) is 9.22. The molecule has 1 aliphatic carbocycles. The van der Waals surface area contributed by atoms with E-state index in [1.54, 1.807) is 12.3 Å². The number of carbonyl (C=O) groups is 2. The van der Waals surface area contributed by atoms with Crippen molar-refractivity contribution in [1.82, 2.24) is 9.29 Å². The molecule has 1 atom stereocenters. The van der Waals surface area contributed by atoms with E-state index in [0.717, 1.165) is 54.7 Å². The minimum absolute atomic E-state index is 0.229. The monoisotopic (exact) mass is 641 g/mol. The smallest absolute Gasteiger partial charge is 0.335 e. The average molecular weight is 642 g/mol. The van der Waals surface area contributed by atoms with E-state index in [2.05, 4.69) is 4.98 Å². The number of nitrogens with zero attached hydrogens (tertiary/aromatic N) is 3. The Hall–Kier alpha value is -3.98. The molecule has 2 aliphatic rings. The molecule has 15 heteroatoms. The number of pyridine rings is 1. The quantitative estimate of drug-likeness (QED) is 0.193. The second kappa shape index (κ2) is 12.2. The third-order valence-corrected chi connectivity index (χ3v) is 9.92. The van der Waals surface area contributed by atoms with Crippen LogP contribution in [-0.2, 0) is 21.4 Å². The first-order valence-electron chi connectivity index (χ1n) is 13.6. The standard InChI is InChI=1S/C29H25F6N3O5S/c30-19-12-16(29(40)41)7-9-20(19)37(14-18-8-6-17(13-36-18)15-4-2-1-3-5-15)28(39)21-10-11-38(21)44(42,43)27-25(34)23(32)22(31)24(33)26(27)35/h6-9,12-13,15,21H,1-5,10-11,14H2,(H,40,41)/t21-/m1/s1. The second-order valence-corrected chi connectivity index (χ2v) is 12.5. The summed E-state index contributed by atoms with van der Waals surface area (Å²) in [5.41, 5.74) is 0.349. The van der Waals surface area contributed by atoms with Gasteiger partial charge in [-0.3, -0.25) is 9.78 Å². The number of amides is 1. The highest BCUT2D eigenvalue weighted by atomic mass is 32.2. The third-order valence-electron chi connectivity index (χ3n) is 7.99. The number of hydrogen-bond acceptors (Lipinski definition) is 5. The molecular formula is C29H25F6N3O5S. The molecule has 5 rings (SSSR count). The van der Waals surface area contributed by atoms with Crippen LogP contribution in [0, 0.1) is 34.9 Å². The van der Waals surface area contributed by atoms with E-state index in [-0.39, 0.29) is 16.4 Å². The third kappa shape index (κ3) is 5.65. The molecule has 234 valence electrons. The molecule has 0 bridgehead atoms. The highest BCUT2D eigenvalue weighted by Crippen LogP contribution is 2.36. The summed E-state index contributed by atoms with van der Waals surface area (Å²) in [6, 6.07) is 4.38. The molecule has 2 fully saturated rings. The number of anilines is 1. The molecule has 1 saturated carbocycles. The molecule has 1 aliphatic heterocycles. The van der Waals surface area contributed by atoms with Crippen LogP contribution in [-0.4, -0.2) is 47.3 Å². The molecule has 2 heterocycles. The number of benzene rings is 2. The van der Waals surface area contributed by atoms with E-state index >= 15 is 4.39 Å². The van der Waals surface area contributed by atoms with Gasteiger partial charge in [-0.05, 0) is 55.0 Å². The van der Waals surface area contributed by atoms with Crippen molar-refractivity contribution in [3.8, 4) is 0 Å². The number of carboxylic acid groups (broad SMARTS) is 1. The van der Waals surface area contributed by atoms with Crippen molar-refractivity contribution in [3.63, 3.8) is 0 Å². The average Bonchev–Trinajstić information content (AvgIpc) is 2.97. The van der Waals surface area contributed by atoms with Gasteiger partial charge in [0.2, 0.25) is 21.7 Å². The molecule has 1 saturated heterocycles. The van der Waals surface area contributed by atoms with Crippen molar-refractivity contribution in [1.29, 1.82) is 0 Å². The van der Waals surface area contributed by atoms with Crippen molar-refractivity contribution >= 4 is 27.6 Å². The normalized spacial score (nSPS) is 17.7. The van der Waals surface area contributed by atoms with E-state index < -0.39 is 92.1 Å². The van der Waals surface area contributed by atoms with Crippen LogP contribution < -0.4 is 4.90 Å². The van der Waals surface area contributed by atoms with E-state index in [1.807, 2.05) is 6.07 Å². The Labute approximate surface area is 248 Å². The summed E-state index contributed by atoms with van der Waals surface area (Å²) in [4.78, 5) is 28.2. The van der Waals surface area contributed by atoms with Crippen molar-refractivity contribution in [2.75, 3.05) is 11.4 Å². The first-order valence-corrected chi connectivity index (χ1v) is 15.1. The van der Waals surface area contributed by atoms with Gasteiger partial charge in [-0.25, -0.2) is 39.6 Å². The van der Waals surface area contributed by atoms with Crippen LogP contribution >= 0.6 is 0 Å². The van der Waals surface area contributed by atoms with Gasteiger partial charge in [-0.15, -0.1) is 0 Å². The molecule has 1 amide bonds. The Morgan fingerprint density at radius 3 is 2.05 bits per heavy atom. The zero-order chi connectivity index (χ0) is 31.9. The van der Waals surface area contributed by atoms with Gasteiger partial charge in [0, 0.05) is 12.7 Å². The fourth-order valence-corrected chi connectivity index (χ4v) is 7.26. The number of rotatable bonds is 8. The van der Waals surface area contributed by atoms with E-state index in [4.69, 9.17) is 0 Å². The zero-order valence-corrected chi connectivity index (χ0v) is 23.7. The fourth-order valence-electron chi connectivity index (χ4n) is 5.52. The maximum atomic E-state index is 15.2. The van der Waals surface area contributed by atoms with Crippen LogP contribution in [0.1, 0.15) is 66.1 Å². The molecule has 44 heavy (non-hydrogen) atoms. The molecular weight excluding hydrogens is 616 g/mol. The van der Waals surface area contributed by atoms with Gasteiger partial charge in [-0.2, -0.15) is 4.31 Å². The summed E-state index contributed by atoms with van der Waals surface area (Å²) in [6.07, 6.45) is 6.67. The summed E-state index contributed by atoms with van der Waals surface area (Å²) in [6.45, 7) is -0.930. The first kappa shape index (κ1) is 31.4. The second-order valence-electron chi connectivity index (χ2n) is 10.6. The SMILES string of the molecule is O=C(O)c1ccc(N(Cc2ccc(C3CCCCC3)cn2)C(=O)[C@H]2CCN2S(=O)(=O)c2c(F)c(F)c(F)c(F)c2F)c(F)c1. The van der Waals surface area contributed by atoms with Crippen LogP contribution in [0.3, 0.4) is 0 Å². The van der Waals surface area contributed by atoms with Gasteiger partial charge < -0.3 is 10.0 Å². The number of halogens is 6. The van der Waals surface area contributed by atoms with Crippen molar-refractivity contribution in [2.45, 2.75) is 61.9 Å². The maximum absolute atomic E-state index is 15.2. The van der Waals surface area contributed by atoms with Gasteiger partial charge in [0.25, 0.3) is 0 Å². The lowest BCUT2D eigenvalue weighted by molar-refractivity contribution is -0.125. The number of aromatic carboxylic acids is 1. The van der Waals surface area contributed by atoms with Crippen LogP contribution in [0.5, 0.6) is 0 Å². The molecule has 0 spiro atoms. The number of aromatic nitrogens is 1. The summed E-state index contributed by atoms with van der Waals surface area (Å²) < 4.78 is 112. The summed E-state index contributed by atoms with van der Waals surface area (Å²) in [5.74, 6) is -16.1. The van der Waals surface area contributed by atoms with Gasteiger partial charge >= 0.3 is 5.97 Å². The molecule has 3 aromatic rings. The largest absolute Gasteiger partial charge is 0.478 e. The van der Waals surface area contributed by atoms with Gasteiger partial charge in [0.05, 0.1) is 23.5 Å². The molecule has 8 nitrogen and oxygen atoms in total. The van der Waals surface area contributed by atoms with Gasteiger partial charge in [0.15, 0.2) is 28.2 Å². The lowest BCUT2D eigenvalue weighted by atomic mass is 9.85. The van der Waals surface area contributed by atoms with Crippen molar-refractivity contribution in [3.05, 3.63) is 88.3 Å². The van der Waals surface area contributed by atoms with Crippen LogP contribution in [0.15, 0.2) is 41.4 Å². The lowest BCUT2D eigenvalue weighted by Crippen LogP contribution is -2.59. The number of carbonyl (C=O) groups excluding carboxylic acids is 1. The summed E-state index contributed by atoms with van der Waals surface area (Å²) >= 11 is 0. The molecule has 1 aromatic heterocycles. The fraction of sp³-hybridized carbons (Fsp3) is 0.345. The topological polar surface area (TPSA) is 108 Å². The first-order chi connectivity index (χ1) is 20.8. The Balaban J connectivity index is 1.49. The van der Waals surface area contributed by atoms with E-state index in [0.29, 0.717) is 12.0 Å². The number of sulfonamides is 1. The predicted molar refractivity (Wildman–Crippen MR) is 143 cm³/mol. The molecule has 0 radical (unpaired) electrons. The van der Waals surface area contributed by atoms with Crippen LogP contribution in [0.25, 0.3) is 0 Å². The van der Waals surface area contributed by atoms with E-state index in [1.165, 1.54) is 0 Å². The Kier molecular flexibility index (Phi) is 8.71.